The molecule has 2 aliphatic heterocycles. The molecule has 3 heterocycles. The van der Waals surface area contributed by atoms with Crippen LogP contribution in [0.3, 0.4) is 0 Å². The summed E-state index contributed by atoms with van der Waals surface area (Å²) in [5.41, 5.74) is 2.21. The van der Waals surface area contributed by atoms with Gasteiger partial charge in [0.15, 0.2) is 0 Å². The van der Waals surface area contributed by atoms with E-state index in [4.69, 9.17) is 0 Å². The van der Waals surface area contributed by atoms with Gasteiger partial charge in [-0.3, -0.25) is 4.79 Å². The van der Waals surface area contributed by atoms with Crippen molar-refractivity contribution in [1.29, 1.82) is 0 Å². The zero-order valence-electron chi connectivity index (χ0n) is 11.9. The lowest BCUT2D eigenvalue weighted by Crippen LogP contribution is -2.58. The third-order valence-corrected chi connectivity index (χ3v) is 5.69. The van der Waals surface area contributed by atoms with Crippen LogP contribution >= 0.6 is 15.9 Å². The molecule has 1 saturated carbocycles. The highest BCUT2D eigenvalue weighted by molar-refractivity contribution is 9.10. The van der Waals surface area contributed by atoms with Crippen LogP contribution in [0.15, 0.2) is 16.9 Å². The van der Waals surface area contributed by atoms with Crippen LogP contribution < -0.4 is 10.6 Å². The number of rotatable bonds is 4. The quantitative estimate of drug-likeness (QED) is 0.829. The van der Waals surface area contributed by atoms with Gasteiger partial charge in [0.25, 0.3) is 0 Å². The van der Waals surface area contributed by atoms with Crippen molar-refractivity contribution in [1.82, 2.24) is 15.6 Å². The number of pyridine rings is 1. The van der Waals surface area contributed by atoms with E-state index >= 15 is 0 Å². The molecule has 20 heavy (non-hydrogen) atoms. The van der Waals surface area contributed by atoms with Gasteiger partial charge >= 0.3 is 0 Å². The van der Waals surface area contributed by atoms with E-state index in [0.717, 1.165) is 41.5 Å². The first-order valence-electron chi connectivity index (χ1n) is 7.13. The molecule has 0 spiro atoms. The molecule has 2 bridgehead atoms. The van der Waals surface area contributed by atoms with E-state index in [1.165, 1.54) is 0 Å². The van der Waals surface area contributed by atoms with Crippen LogP contribution in [-0.4, -0.2) is 23.0 Å². The van der Waals surface area contributed by atoms with E-state index in [1.54, 1.807) is 6.20 Å². The van der Waals surface area contributed by atoms with E-state index in [9.17, 15) is 4.79 Å². The SMILES string of the molecule is CCC12CNC(C(=O)NCc3cnc(Br)c(C)c3)(C1)C2. The number of aromatic nitrogens is 1. The number of halogens is 1. The highest BCUT2D eigenvalue weighted by atomic mass is 79.9. The summed E-state index contributed by atoms with van der Waals surface area (Å²) in [7, 11) is 0. The number of amides is 1. The fourth-order valence-electron chi connectivity index (χ4n) is 3.52. The topological polar surface area (TPSA) is 54.0 Å². The van der Waals surface area contributed by atoms with Crippen LogP contribution in [0.25, 0.3) is 0 Å². The zero-order chi connectivity index (χ0) is 14.4. The van der Waals surface area contributed by atoms with Gasteiger partial charge in [-0.2, -0.15) is 0 Å². The smallest absolute Gasteiger partial charge is 0.240 e. The number of hydrogen-bond acceptors (Lipinski definition) is 3. The minimum absolute atomic E-state index is 0.139. The molecule has 0 atom stereocenters. The second-order valence-corrected chi connectivity index (χ2v) is 7.03. The molecule has 3 aliphatic rings. The Kier molecular flexibility index (Phi) is 3.37. The van der Waals surface area contributed by atoms with Crippen molar-refractivity contribution < 1.29 is 4.79 Å². The lowest BCUT2D eigenvalue weighted by atomic mass is 9.60. The molecule has 3 fully saturated rings. The van der Waals surface area contributed by atoms with Crippen LogP contribution in [0, 0.1) is 12.3 Å². The molecular formula is C15H20BrN3O. The van der Waals surface area contributed by atoms with Crippen molar-refractivity contribution in [3.63, 3.8) is 0 Å². The van der Waals surface area contributed by atoms with E-state index in [0.29, 0.717) is 12.0 Å². The molecule has 108 valence electrons. The molecule has 0 radical (unpaired) electrons. The largest absolute Gasteiger partial charge is 0.350 e. The van der Waals surface area contributed by atoms with Crippen molar-refractivity contribution in [2.24, 2.45) is 5.41 Å². The zero-order valence-corrected chi connectivity index (χ0v) is 13.5. The summed E-state index contributed by atoms with van der Waals surface area (Å²) in [6.07, 6.45) is 4.93. The highest BCUT2D eigenvalue weighted by Crippen LogP contribution is 2.55. The van der Waals surface area contributed by atoms with Gasteiger partial charge in [-0.25, -0.2) is 4.98 Å². The van der Waals surface area contributed by atoms with Crippen molar-refractivity contribution in [3.05, 3.63) is 28.0 Å². The molecule has 2 N–H and O–H groups in total. The predicted molar refractivity (Wildman–Crippen MR) is 81.2 cm³/mol. The van der Waals surface area contributed by atoms with Crippen molar-refractivity contribution in [2.75, 3.05) is 6.54 Å². The normalized spacial score (nSPS) is 30.9. The molecule has 4 nitrogen and oxygen atoms in total. The summed E-state index contributed by atoms with van der Waals surface area (Å²) in [5.74, 6) is 0.139. The fraction of sp³-hybridized carbons (Fsp3) is 0.600. The Morgan fingerprint density at radius 2 is 2.30 bits per heavy atom. The molecule has 1 aromatic rings. The van der Waals surface area contributed by atoms with Gasteiger partial charge in [0, 0.05) is 19.3 Å². The Balaban J connectivity index is 1.60. The number of carbonyl (C=O) groups is 1. The molecule has 2 saturated heterocycles. The van der Waals surface area contributed by atoms with Crippen molar-refractivity contribution >= 4 is 21.8 Å². The summed E-state index contributed by atoms with van der Waals surface area (Å²) in [6, 6.07) is 2.05. The van der Waals surface area contributed by atoms with Crippen LogP contribution in [-0.2, 0) is 11.3 Å². The number of carbonyl (C=O) groups excluding carboxylic acids is 1. The maximum absolute atomic E-state index is 12.4. The molecule has 4 rings (SSSR count). The molecule has 1 aromatic heterocycles. The van der Waals surface area contributed by atoms with Crippen molar-refractivity contribution in [2.45, 2.75) is 45.2 Å². The third-order valence-electron chi connectivity index (χ3n) is 4.86. The number of hydrogen-bond donors (Lipinski definition) is 2. The van der Waals surface area contributed by atoms with E-state index in [1.807, 2.05) is 13.0 Å². The Morgan fingerprint density at radius 1 is 1.55 bits per heavy atom. The summed E-state index contributed by atoms with van der Waals surface area (Å²) >= 11 is 3.38. The van der Waals surface area contributed by atoms with Gasteiger partial charge in [-0.1, -0.05) is 13.0 Å². The standard InChI is InChI=1S/C15H20BrN3O/c1-3-14-7-15(8-14,19-9-14)13(20)18-6-11-4-10(2)12(16)17-5-11/h4-5,19H,3,6-9H2,1-2H3,(H,18,20). The van der Waals surface area contributed by atoms with Crippen LogP contribution in [0.5, 0.6) is 0 Å². The van der Waals surface area contributed by atoms with Gasteiger partial charge in [-0.15, -0.1) is 0 Å². The molecular weight excluding hydrogens is 318 g/mol. The van der Waals surface area contributed by atoms with Gasteiger partial charge in [0.2, 0.25) is 5.91 Å². The number of nitrogens with zero attached hydrogens (tertiary/aromatic N) is 1. The monoisotopic (exact) mass is 337 g/mol. The number of fused-ring (bicyclic) bond motifs is 1. The maximum atomic E-state index is 12.4. The first-order valence-corrected chi connectivity index (χ1v) is 7.92. The van der Waals surface area contributed by atoms with Crippen LogP contribution in [0.4, 0.5) is 0 Å². The Bertz CT molecular complexity index is 552. The molecule has 0 aromatic carbocycles. The van der Waals surface area contributed by atoms with Gasteiger partial charge < -0.3 is 10.6 Å². The Morgan fingerprint density at radius 3 is 2.90 bits per heavy atom. The summed E-state index contributed by atoms with van der Waals surface area (Å²) in [5, 5.41) is 6.47. The van der Waals surface area contributed by atoms with Crippen LogP contribution in [0.1, 0.15) is 37.3 Å². The number of nitrogens with one attached hydrogen (secondary N) is 2. The predicted octanol–water partition coefficient (Wildman–Crippen LogP) is 2.30. The second-order valence-electron chi connectivity index (χ2n) is 6.28. The average molecular weight is 338 g/mol. The lowest BCUT2D eigenvalue weighted by molar-refractivity contribution is -0.132. The molecule has 0 unspecified atom stereocenters. The van der Waals surface area contributed by atoms with Gasteiger partial charge in [-0.05, 0) is 58.7 Å². The van der Waals surface area contributed by atoms with E-state index in [2.05, 4.69) is 38.5 Å². The first-order chi connectivity index (χ1) is 9.49. The molecule has 1 amide bonds. The molecule has 1 aliphatic carbocycles. The van der Waals surface area contributed by atoms with Crippen molar-refractivity contribution in [3.8, 4) is 0 Å². The maximum Gasteiger partial charge on any atom is 0.240 e. The number of aryl methyl sites for hydroxylation is 1. The summed E-state index contributed by atoms with van der Waals surface area (Å²) < 4.78 is 0.857. The first kappa shape index (κ1) is 14.0. The molecule has 5 heteroatoms. The van der Waals surface area contributed by atoms with E-state index < -0.39 is 0 Å². The fourth-order valence-corrected chi connectivity index (χ4v) is 3.73. The van der Waals surface area contributed by atoms with Gasteiger partial charge in [0.05, 0.1) is 5.54 Å². The third kappa shape index (κ3) is 2.17. The Hall–Kier alpha value is -0.940. The van der Waals surface area contributed by atoms with E-state index in [-0.39, 0.29) is 11.4 Å². The average Bonchev–Trinajstić information content (AvgIpc) is 2.96. The van der Waals surface area contributed by atoms with Gasteiger partial charge in [0.1, 0.15) is 4.60 Å². The highest BCUT2D eigenvalue weighted by Gasteiger charge is 2.63. The van der Waals surface area contributed by atoms with Crippen LogP contribution in [0.2, 0.25) is 0 Å². The minimum atomic E-state index is -0.298. The Labute approximate surface area is 127 Å². The second kappa shape index (κ2) is 4.81. The summed E-state index contributed by atoms with van der Waals surface area (Å²) in [4.78, 5) is 16.6. The minimum Gasteiger partial charge on any atom is -0.350 e. The lowest BCUT2D eigenvalue weighted by Gasteiger charge is -2.44. The summed E-state index contributed by atoms with van der Waals surface area (Å²) in [6.45, 7) is 5.74.